The molecular weight excluding hydrogens is 281 g/mol. The van der Waals surface area contributed by atoms with Crippen LogP contribution in [0.2, 0.25) is 0 Å². The largest absolute Gasteiger partial charge is 0.494 e. The summed E-state index contributed by atoms with van der Waals surface area (Å²) in [6, 6.07) is 3.78. The van der Waals surface area contributed by atoms with E-state index in [9.17, 15) is 4.79 Å². The smallest absolute Gasteiger partial charge is 0.399 e. The third-order valence-electron chi connectivity index (χ3n) is 4.85. The molecule has 0 aliphatic carbocycles. The number of aromatic nitrogens is 1. The number of ketones is 1. The summed E-state index contributed by atoms with van der Waals surface area (Å²) < 4.78 is 17.5. The summed E-state index contributed by atoms with van der Waals surface area (Å²) in [6.45, 7) is 8.99. The van der Waals surface area contributed by atoms with Gasteiger partial charge in [-0.3, -0.25) is 9.78 Å². The second-order valence-electron chi connectivity index (χ2n) is 6.95. The number of carbonyl (C=O) groups is 1. The summed E-state index contributed by atoms with van der Waals surface area (Å²) in [4.78, 5) is 16.4. The molecule has 22 heavy (non-hydrogen) atoms. The lowest BCUT2D eigenvalue weighted by atomic mass is 9.78. The van der Waals surface area contributed by atoms with Crippen molar-refractivity contribution in [1.82, 2.24) is 4.98 Å². The molecule has 0 N–H and O–H groups in total. The van der Waals surface area contributed by atoms with Crippen LogP contribution in [0.5, 0.6) is 0 Å². The van der Waals surface area contributed by atoms with Gasteiger partial charge in [0.05, 0.1) is 36.0 Å². The molecule has 0 saturated carbocycles. The first-order valence-corrected chi connectivity index (χ1v) is 7.72. The number of rotatable bonds is 2. The molecule has 1 atom stereocenters. The van der Waals surface area contributed by atoms with Gasteiger partial charge in [-0.1, -0.05) is 0 Å². The van der Waals surface area contributed by atoms with Crippen molar-refractivity contribution >= 4 is 18.4 Å². The highest BCUT2D eigenvalue weighted by Crippen LogP contribution is 2.36. The van der Waals surface area contributed by atoms with E-state index in [2.05, 4.69) is 4.98 Å². The normalized spacial score (nSPS) is 27.2. The summed E-state index contributed by atoms with van der Waals surface area (Å²) in [5, 5.41) is 0. The van der Waals surface area contributed by atoms with Crippen LogP contribution in [0.25, 0.3) is 0 Å². The Morgan fingerprint density at radius 1 is 1.23 bits per heavy atom. The van der Waals surface area contributed by atoms with Crippen LogP contribution in [-0.2, 0) is 18.8 Å². The lowest BCUT2D eigenvalue weighted by Crippen LogP contribution is -2.41. The summed E-state index contributed by atoms with van der Waals surface area (Å²) in [7, 11) is -0.439. The molecule has 118 valence electrons. The minimum absolute atomic E-state index is 0.185. The fraction of sp³-hybridized carbons (Fsp3) is 0.625. The van der Waals surface area contributed by atoms with Gasteiger partial charge in [0.1, 0.15) is 5.78 Å². The number of carbonyl (C=O) groups excluding carboxylic acids is 1. The predicted octanol–water partition coefficient (Wildman–Crippen LogP) is 1.45. The molecule has 0 bridgehead atoms. The van der Waals surface area contributed by atoms with Gasteiger partial charge in [-0.05, 0) is 45.3 Å². The fourth-order valence-corrected chi connectivity index (χ4v) is 2.67. The molecule has 0 radical (unpaired) electrons. The van der Waals surface area contributed by atoms with Crippen molar-refractivity contribution in [3.63, 3.8) is 0 Å². The second-order valence-corrected chi connectivity index (χ2v) is 6.95. The molecule has 1 unspecified atom stereocenters. The van der Waals surface area contributed by atoms with Gasteiger partial charge < -0.3 is 14.0 Å². The Labute approximate surface area is 131 Å². The Hall–Kier alpha value is -1.24. The van der Waals surface area contributed by atoms with Crippen LogP contribution in [0.15, 0.2) is 18.3 Å². The Bertz CT molecular complexity index is 571. The predicted molar refractivity (Wildman–Crippen MR) is 83.1 cm³/mol. The Morgan fingerprint density at radius 2 is 1.91 bits per heavy atom. The van der Waals surface area contributed by atoms with E-state index in [1.807, 2.05) is 39.8 Å². The summed E-state index contributed by atoms with van der Waals surface area (Å²) in [5.41, 5.74) is 0.856. The van der Waals surface area contributed by atoms with Crippen molar-refractivity contribution < 1.29 is 18.8 Å². The van der Waals surface area contributed by atoms with Crippen LogP contribution in [0, 0.1) is 0 Å². The average Bonchev–Trinajstić information content (AvgIpc) is 2.68. The van der Waals surface area contributed by atoms with E-state index < -0.39 is 7.12 Å². The van der Waals surface area contributed by atoms with E-state index in [4.69, 9.17) is 14.0 Å². The topological polar surface area (TPSA) is 57.7 Å². The van der Waals surface area contributed by atoms with Gasteiger partial charge in [-0.25, -0.2) is 0 Å². The quantitative estimate of drug-likeness (QED) is 0.774. The molecule has 6 heteroatoms. The molecule has 0 aromatic carbocycles. The average molecular weight is 303 g/mol. The number of hydrogen-bond acceptors (Lipinski definition) is 5. The number of ether oxygens (including phenoxy) is 1. The minimum atomic E-state index is -0.439. The van der Waals surface area contributed by atoms with E-state index >= 15 is 0 Å². The molecule has 3 heterocycles. The Balaban J connectivity index is 1.85. The molecule has 5 nitrogen and oxygen atoms in total. The van der Waals surface area contributed by atoms with E-state index in [0.717, 1.165) is 11.2 Å². The van der Waals surface area contributed by atoms with Gasteiger partial charge in [-0.2, -0.15) is 0 Å². The van der Waals surface area contributed by atoms with Gasteiger partial charge >= 0.3 is 7.12 Å². The van der Waals surface area contributed by atoms with Crippen LogP contribution in [0.1, 0.15) is 45.7 Å². The highest BCUT2D eigenvalue weighted by atomic mass is 16.7. The molecule has 1 aromatic heterocycles. The van der Waals surface area contributed by atoms with Crippen molar-refractivity contribution in [3.8, 4) is 0 Å². The summed E-state index contributed by atoms with van der Waals surface area (Å²) in [5.74, 6) is -0.0964. The van der Waals surface area contributed by atoms with Crippen LogP contribution in [-0.4, -0.2) is 42.3 Å². The Kier molecular flexibility index (Phi) is 3.87. The number of pyridine rings is 1. The van der Waals surface area contributed by atoms with Gasteiger partial charge in [-0.15, -0.1) is 0 Å². The van der Waals surface area contributed by atoms with Crippen molar-refractivity contribution in [2.75, 3.05) is 13.2 Å². The monoisotopic (exact) mass is 303 g/mol. The van der Waals surface area contributed by atoms with E-state index in [0.29, 0.717) is 19.6 Å². The first kappa shape index (κ1) is 15.7. The third kappa shape index (κ3) is 2.71. The van der Waals surface area contributed by atoms with Crippen LogP contribution < -0.4 is 5.46 Å². The van der Waals surface area contributed by atoms with Crippen molar-refractivity contribution in [2.45, 2.75) is 51.2 Å². The molecule has 1 aromatic rings. The minimum Gasteiger partial charge on any atom is -0.399 e. The SMILES string of the molecule is CC1(C)OB(c2ccnc(C3COCCC3=O)c2)OC1(C)C. The molecule has 2 aliphatic rings. The number of nitrogens with zero attached hydrogens (tertiary/aromatic N) is 1. The maximum Gasteiger partial charge on any atom is 0.494 e. The first-order chi connectivity index (χ1) is 10.3. The zero-order valence-corrected chi connectivity index (χ0v) is 13.6. The molecule has 0 amide bonds. The lowest BCUT2D eigenvalue weighted by molar-refractivity contribution is -0.126. The molecule has 2 aliphatic heterocycles. The van der Waals surface area contributed by atoms with Crippen LogP contribution in [0.3, 0.4) is 0 Å². The first-order valence-electron chi connectivity index (χ1n) is 7.72. The number of hydrogen-bond donors (Lipinski definition) is 0. The molecule has 0 spiro atoms. The van der Waals surface area contributed by atoms with Crippen molar-refractivity contribution in [2.24, 2.45) is 0 Å². The maximum absolute atomic E-state index is 12.1. The summed E-state index contributed by atoms with van der Waals surface area (Å²) >= 11 is 0. The zero-order chi connectivity index (χ0) is 16.0. The highest BCUT2D eigenvalue weighted by molar-refractivity contribution is 6.62. The fourth-order valence-electron chi connectivity index (χ4n) is 2.67. The maximum atomic E-state index is 12.1. The standard InChI is InChI=1S/C16H22BNO4/c1-15(2)16(3,4)22-17(21-15)11-5-7-18-13(9-11)12-10-20-8-6-14(12)19/h5,7,9,12H,6,8,10H2,1-4H3. The zero-order valence-electron chi connectivity index (χ0n) is 13.6. The highest BCUT2D eigenvalue weighted by Gasteiger charge is 2.51. The number of Topliss-reactive ketones (excluding diaryl/α,β-unsaturated/α-hetero) is 1. The summed E-state index contributed by atoms with van der Waals surface area (Å²) in [6.07, 6.45) is 2.16. The van der Waals surface area contributed by atoms with Gasteiger partial charge in [0, 0.05) is 12.6 Å². The van der Waals surface area contributed by atoms with Crippen molar-refractivity contribution in [1.29, 1.82) is 0 Å². The van der Waals surface area contributed by atoms with Crippen LogP contribution in [0.4, 0.5) is 0 Å². The van der Waals surface area contributed by atoms with E-state index in [1.165, 1.54) is 0 Å². The van der Waals surface area contributed by atoms with Crippen LogP contribution >= 0.6 is 0 Å². The van der Waals surface area contributed by atoms with E-state index in [-0.39, 0.29) is 22.9 Å². The molecule has 2 saturated heterocycles. The molecule has 3 rings (SSSR count). The van der Waals surface area contributed by atoms with E-state index in [1.54, 1.807) is 6.20 Å². The van der Waals surface area contributed by atoms with Gasteiger partial charge in [0.25, 0.3) is 0 Å². The molecule has 2 fully saturated rings. The lowest BCUT2D eigenvalue weighted by Gasteiger charge is -2.32. The van der Waals surface area contributed by atoms with Gasteiger partial charge in [0.2, 0.25) is 0 Å². The second kappa shape index (κ2) is 5.44. The van der Waals surface area contributed by atoms with Crippen molar-refractivity contribution in [3.05, 3.63) is 24.0 Å². The molecular formula is C16H22BNO4. The third-order valence-corrected chi connectivity index (χ3v) is 4.85. The van der Waals surface area contributed by atoms with Gasteiger partial charge in [0.15, 0.2) is 0 Å². The Morgan fingerprint density at radius 3 is 2.55 bits per heavy atom.